The Balaban J connectivity index is 2.92. The van der Waals surface area contributed by atoms with Crippen LogP contribution in [0.25, 0.3) is 0 Å². The van der Waals surface area contributed by atoms with Crippen LogP contribution >= 0.6 is 15.9 Å². The van der Waals surface area contributed by atoms with Crippen molar-refractivity contribution in [3.05, 3.63) is 28.5 Å². The van der Waals surface area contributed by atoms with E-state index in [9.17, 15) is 4.79 Å². The summed E-state index contributed by atoms with van der Waals surface area (Å²) in [5, 5.41) is 11.4. The van der Waals surface area contributed by atoms with Gasteiger partial charge in [-0.3, -0.25) is 4.79 Å². The van der Waals surface area contributed by atoms with Crippen molar-refractivity contribution in [1.29, 1.82) is 0 Å². The van der Waals surface area contributed by atoms with Crippen LogP contribution in [0.1, 0.15) is 23.8 Å². The van der Waals surface area contributed by atoms with Gasteiger partial charge in [-0.2, -0.15) is 0 Å². The Morgan fingerprint density at radius 3 is 2.94 bits per heavy atom. The Morgan fingerprint density at radius 2 is 2.39 bits per heavy atom. The smallest absolute Gasteiger partial charge is 0.274 e. The molecular weight excluding hydrogens is 300 g/mol. The molecule has 3 N–H and O–H groups in total. The second-order valence-corrected chi connectivity index (χ2v) is 4.51. The van der Waals surface area contributed by atoms with Crippen LogP contribution in [-0.2, 0) is 0 Å². The number of hydrogen-bond donors (Lipinski definition) is 2. The quantitative estimate of drug-likeness (QED) is 0.372. The van der Waals surface area contributed by atoms with Gasteiger partial charge in [-0.1, -0.05) is 12.1 Å². The summed E-state index contributed by atoms with van der Waals surface area (Å²) in [4.78, 5) is 17.8. The van der Waals surface area contributed by atoms with Crippen molar-refractivity contribution in [1.82, 2.24) is 9.88 Å². The van der Waals surface area contributed by atoms with E-state index in [1.165, 1.54) is 4.90 Å². The summed E-state index contributed by atoms with van der Waals surface area (Å²) in [5.74, 6) is -0.264. The second-order valence-electron chi connectivity index (χ2n) is 3.65. The molecule has 0 saturated carbocycles. The first-order valence-corrected chi connectivity index (χ1v) is 6.25. The summed E-state index contributed by atoms with van der Waals surface area (Å²) in [6.45, 7) is 2.53. The zero-order valence-corrected chi connectivity index (χ0v) is 11.6. The van der Waals surface area contributed by atoms with Crippen molar-refractivity contribution < 1.29 is 10.0 Å². The van der Waals surface area contributed by atoms with Gasteiger partial charge in [0.05, 0.1) is 6.54 Å². The van der Waals surface area contributed by atoms with Gasteiger partial charge < -0.3 is 15.8 Å². The lowest BCUT2D eigenvalue weighted by Gasteiger charge is -2.21. The first-order chi connectivity index (χ1) is 8.60. The van der Waals surface area contributed by atoms with E-state index < -0.39 is 0 Å². The molecule has 0 radical (unpaired) electrons. The molecule has 6 nitrogen and oxygen atoms in total. The maximum absolute atomic E-state index is 12.2. The lowest BCUT2D eigenvalue weighted by molar-refractivity contribution is 0.0771. The van der Waals surface area contributed by atoms with Gasteiger partial charge in [-0.25, -0.2) is 4.98 Å². The third-order valence-electron chi connectivity index (χ3n) is 2.22. The maximum atomic E-state index is 12.2. The molecule has 0 spiro atoms. The topological polar surface area (TPSA) is 91.8 Å². The number of halogens is 1. The Hall–Kier alpha value is -1.63. The van der Waals surface area contributed by atoms with Crippen LogP contribution in [0.15, 0.2) is 28.0 Å². The highest BCUT2D eigenvalue weighted by molar-refractivity contribution is 9.10. The van der Waals surface area contributed by atoms with Crippen molar-refractivity contribution in [3.8, 4) is 0 Å². The highest BCUT2D eigenvalue weighted by Gasteiger charge is 2.19. The third-order valence-corrected chi connectivity index (χ3v) is 2.86. The highest BCUT2D eigenvalue weighted by atomic mass is 79.9. The minimum atomic E-state index is -0.254. The van der Waals surface area contributed by atoms with Crippen molar-refractivity contribution in [2.75, 3.05) is 13.1 Å². The summed E-state index contributed by atoms with van der Waals surface area (Å²) >= 11 is 3.28. The molecule has 1 heterocycles. The SMILES string of the molecule is CCCN(C/C(N)=N/O)C(=O)c1ncccc1Br. The molecule has 0 bridgehead atoms. The molecule has 0 fully saturated rings. The Kier molecular flexibility index (Phi) is 5.57. The van der Waals surface area contributed by atoms with Gasteiger partial charge in [0.2, 0.25) is 0 Å². The molecule has 98 valence electrons. The van der Waals surface area contributed by atoms with E-state index in [1.54, 1.807) is 18.3 Å². The van der Waals surface area contributed by atoms with E-state index in [4.69, 9.17) is 10.9 Å². The first kappa shape index (κ1) is 14.4. The summed E-state index contributed by atoms with van der Waals surface area (Å²) in [7, 11) is 0. The molecule has 1 aromatic rings. The average molecular weight is 315 g/mol. The van der Waals surface area contributed by atoms with E-state index in [1.807, 2.05) is 6.92 Å². The summed E-state index contributed by atoms with van der Waals surface area (Å²) in [6.07, 6.45) is 2.32. The predicted molar refractivity (Wildman–Crippen MR) is 71.5 cm³/mol. The minimum absolute atomic E-state index is 0.0103. The molecule has 18 heavy (non-hydrogen) atoms. The fourth-order valence-electron chi connectivity index (χ4n) is 1.44. The molecular formula is C11H15BrN4O2. The van der Waals surface area contributed by atoms with Crippen LogP contribution in [0.5, 0.6) is 0 Å². The zero-order valence-electron chi connectivity index (χ0n) is 10.0. The van der Waals surface area contributed by atoms with Gasteiger partial charge in [0.1, 0.15) is 5.69 Å². The van der Waals surface area contributed by atoms with Crippen LogP contribution < -0.4 is 5.73 Å². The summed E-state index contributed by atoms with van der Waals surface area (Å²) < 4.78 is 0.621. The van der Waals surface area contributed by atoms with Crippen LogP contribution in [0.4, 0.5) is 0 Å². The molecule has 0 atom stereocenters. The van der Waals surface area contributed by atoms with Crippen LogP contribution in [-0.4, -0.2) is 39.9 Å². The molecule has 0 unspecified atom stereocenters. The van der Waals surface area contributed by atoms with E-state index in [-0.39, 0.29) is 18.3 Å². The molecule has 0 saturated heterocycles. The van der Waals surface area contributed by atoms with Crippen molar-refractivity contribution >= 4 is 27.7 Å². The van der Waals surface area contributed by atoms with E-state index >= 15 is 0 Å². The first-order valence-electron chi connectivity index (χ1n) is 5.46. The molecule has 7 heteroatoms. The molecule has 0 aliphatic carbocycles. The number of pyridine rings is 1. The van der Waals surface area contributed by atoms with Crippen LogP contribution in [0.2, 0.25) is 0 Å². The lowest BCUT2D eigenvalue weighted by Crippen LogP contribution is -2.39. The van der Waals surface area contributed by atoms with Gasteiger partial charge in [0.25, 0.3) is 5.91 Å². The number of nitrogens with zero attached hydrogens (tertiary/aromatic N) is 3. The Labute approximate surface area is 114 Å². The third kappa shape index (κ3) is 3.69. The largest absolute Gasteiger partial charge is 0.409 e. The Bertz CT molecular complexity index is 450. The number of aromatic nitrogens is 1. The molecule has 1 aromatic heterocycles. The normalized spacial score (nSPS) is 11.3. The zero-order chi connectivity index (χ0) is 13.5. The van der Waals surface area contributed by atoms with E-state index in [0.29, 0.717) is 16.7 Å². The fraction of sp³-hybridized carbons (Fsp3) is 0.364. The summed E-state index contributed by atoms with van der Waals surface area (Å²) in [6, 6.07) is 3.47. The van der Waals surface area contributed by atoms with Gasteiger partial charge in [-0.05, 0) is 34.5 Å². The number of oxime groups is 1. The summed E-state index contributed by atoms with van der Waals surface area (Å²) in [5.41, 5.74) is 5.75. The van der Waals surface area contributed by atoms with Crippen LogP contribution in [0, 0.1) is 0 Å². The number of carbonyl (C=O) groups is 1. The number of hydrogen-bond acceptors (Lipinski definition) is 4. The number of amides is 1. The average Bonchev–Trinajstić information content (AvgIpc) is 2.38. The van der Waals surface area contributed by atoms with Gasteiger partial charge in [-0.15, -0.1) is 0 Å². The predicted octanol–water partition coefficient (Wildman–Crippen LogP) is 1.44. The lowest BCUT2D eigenvalue weighted by atomic mass is 10.3. The second kappa shape index (κ2) is 6.95. The number of rotatable bonds is 5. The minimum Gasteiger partial charge on any atom is -0.409 e. The number of amidine groups is 1. The molecule has 1 amide bonds. The number of nitrogens with two attached hydrogens (primary N) is 1. The number of carbonyl (C=O) groups excluding carboxylic acids is 1. The Morgan fingerprint density at radius 1 is 1.67 bits per heavy atom. The van der Waals surface area contributed by atoms with Gasteiger partial charge in [0, 0.05) is 17.2 Å². The van der Waals surface area contributed by atoms with Crippen LogP contribution in [0.3, 0.4) is 0 Å². The van der Waals surface area contributed by atoms with Gasteiger partial charge in [0.15, 0.2) is 5.84 Å². The standard InChI is InChI=1S/C11H15BrN4O2/c1-2-6-16(7-9(13)15-18)11(17)10-8(12)4-3-5-14-10/h3-5,18H,2,6-7H2,1H3,(H2,13,15). The van der Waals surface area contributed by atoms with Gasteiger partial charge >= 0.3 is 0 Å². The molecule has 0 aliphatic heterocycles. The maximum Gasteiger partial charge on any atom is 0.274 e. The monoisotopic (exact) mass is 314 g/mol. The molecule has 0 aliphatic rings. The fourth-order valence-corrected chi connectivity index (χ4v) is 1.87. The van der Waals surface area contributed by atoms with Crippen molar-refractivity contribution in [2.45, 2.75) is 13.3 Å². The molecule has 1 rings (SSSR count). The highest BCUT2D eigenvalue weighted by Crippen LogP contribution is 2.15. The van der Waals surface area contributed by atoms with E-state index in [2.05, 4.69) is 26.1 Å². The van der Waals surface area contributed by atoms with Crippen molar-refractivity contribution in [2.24, 2.45) is 10.9 Å². The van der Waals surface area contributed by atoms with Crippen molar-refractivity contribution in [3.63, 3.8) is 0 Å². The molecule has 0 aromatic carbocycles. The van der Waals surface area contributed by atoms with E-state index in [0.717, 1.165) is 6.42 Å².